The first-order chi connectivity index (χ1) is 10.1. The lowest BCUT2D eigenvalue weighted by atomic mass is 9.77. The van der Waals surface area contributed by atoms with E-state index in [0.717, 1.165) is 30.1 Å². The third kappa shape index (κ3) is 3.31. The second kappa shape index (κ2) is 6.47. The van der Waals surface area contributed by atoms with Gasteiger partial charge in [0.25, 0.3) is 0 Å². The van der Waals surface area contributed by atoms with Crippen molar-refractivity contribution in [2.45, 2.75) is 71.3 Å². The minimum absolute atomic E-state index is 0.256. The lowest BCUT2D eigenvalue weighted by Crippen LogP contribution is -2.33. The number of nitrogens with zero attached hydrogens (tertiary/aromatic N) is 2. The Morgan fingerprint density at radius 2 is 1.90 bits per heavy atom. The van der Waals surface area contributed by atoms with Gasteiger partial charge in [-0.3, -0.25) is 0 Å². The van der Waals surface area contributed by atoms with Gasteiger partial charge in [0, 0.05) is 5.92 Å². The van der Waals surface area contributed by atoms with Gasteiger partial charge in [0.2, 0.25) is 5.89 Å². The molecule has 1 saturated heterocycles. The van der Waals surface area contributed by atoms with Crippen LogP contribution in [-0.2, 0) is 0 Å². The molecule has 1 N–H and O–H groups in total. The van der Waals surface area contributed by atoms with Crippen LogP contribution < -0.4 is 5.32 Å². The highest BCUT2D eigenvalue weighted by atomic mass is 16.5. The van der Waals surface area contributed by atoms with E-state index in [1.54, 1.807) is 0 Å². The topological polar surface area (TPSA) is 51.0 Å². The van der Waals surface area contributed by atoms with Crippen molar-refractivity contribution in [2.24, 2.45) is 17.8 Å². The van der Waals surface area contributed by atoms with Crippen LogP contribution in [0.2, 0.25) is 0 Å². The Bertz CT molecular complexity index is 449. The number of nitrogens with one attached hydrogen (secondary N) is 1. The third-order valence-corrected chi connectivity index (χ3v) is 5.57. The quantitative estimate of drug-likeness (QED) is 0.912. The number of hydrogen-bond acceptors (Lipinski definition) is 4. The lowest BCUT2D eigenvalue weighted by Gasteiger charge is -2.29. The molecule has 21 heavy (non-hydrogen) atoms. The van der Waals surface area contributed by atoms with Gasteiger partial charge in [-0.05, 0) is 62.8 Å². The predicted octanol–water partition coefficient (Wildman–Crippen LogP) is 4.06. The summed E-state index contributed by atoms with van der Waals surface area (Å²) in [6, 6.07) is 0.256. The Balaban J connectivity index is 1.63. The largest absolute Gasteiger partial charge is 0.338 e. The summed E-state index contributed by atoms with van der Waals surface area (Å²) in [4.78, 5) is 4.74. The average molecular weight is 291 g/mol. The Labute approximate surface area is 128 Å². The zero-order valence-corrected chi connectivity index (χ0v) is 13.6. The summed E-state index contributed by atoms with van der Waals surface area (Å²) in [5.41, 5.74) is 0. The van der Waals surface area contributed by atoms with Gasteiger partial charge in [0.05, 0.1) is 6.04 Å². The van der Waals surface area contributed by atoms with Crippen LogP contribution in [0.3, 0.4) is 0 Å². The smallest absolute Gasteiger partial charge is 0.244 e. The monoisotopic (exact) mass is 291 g/mol. The molecule has 1 aromatic heterocycles. The molecule has 2 heterocycles. The van der Waals surface area contributed by atoms with Crippen LogP contribution in [0.5, 0.6) is 0 Å². The minimum Gasteiger partial charge on any atom is -0.338 e. The maximum absolute atomic E-state index is 5.58. The fraction of sp³-hybridized carbons (Fsp3) is 0.882. The first-order valence-electron chi connectivity index (χ1n) is 8.72. The normalized spacial score (nSPS) is 34.3. The molecule has 4 nitrogen and oxygen atoms in total. The highest BCUT2D eigenvalue weighted by molar-refractivity contribution is 5.02. The van der Waals surface area contributed by atoms with Gasteiger partial charge < -0.3 is 9.84 Å². The van der Waals surface area contributed by atoms with Crippen molar-refractivity contribution in [1.82, 2.24) is 15.5 Å². The molecule has 3 rings (SSSR count). The summed E-state index contributed by atoms with van der Waals surface area (Å²) in [6.07, 6.45) is 7.55. The van der Waals surface area contributed by atoms with Gasteiger partial charge in [0.1, 0.15) is 0 Å². The number of rotatable bonds is 3. The first kappa shape index (κ1) is 15.0. The molecule has 4 heteroatoms. The van der Waals surface area contributed by atoms with Gasteiger partial charge >= 0.3 is 0 Å². The summed E-state index contributed by atoms with van der Waals surface area (Å²) in [5, 5.41) is 7.82. The summed E-state index contributed by atoms with van der Waals surface area (Å²) in [5.74, 6) is 4.54. The fourth-order valence-electron chi connectivity index (χ4n) is 3.96. The van der Waals surface area contributed by atoms with Crippen molar-refractivity contribution in [2.75, 3.05) is 6.54 Å². The van der Waals surface area contributed by atoms with E-state index in [2.05, 4.69) is 31.2 Å². The molecule has 0 radical (unpaired) electrons. The van der Waals surface area contributed by atoms with Gasteiger partial charge in [-0.15, -0.1) is 0 Å². The van der Waals surface area contributed by atoms with Crippen LogP contribution in [0.25, 0.3) is 0 Å². The maximum atomic E-state index is 5.58. The van der Waals surface area contributed by atoms with E-state index >= 15 is 0 Å². The molecule has 0 aromatic carbocycles. The highest BCUT2D eigenvalue weighted by Gasteiger charge is 2.31. The molecule has 0 bridgehead atoms. The SMILES string of the molecule is CC(C)C1CCC(c2noc(C3NCCCC3C)n2)CC1. The molecule has 1 aliphatic heterocycles. The standard InChI is InChI=1S/C17H29N3O/c1-11(2)13-6-8-14(9-7-13)16-19-17(21-20-16)15-12(3)5-4-10-18-15/h11-15,18H,4-10H2,1-3H3. The summed E-state index contributed by atoms with van der Waals surface area (Å²) in [6.45, 7) is 8.02. The van der Waals surface area contributed by atoms with Crippen LogP contribution in [0.15, 0.2) is 4.52 Å². The van der Waals surface area contributed by atoms with Crippen LogP contribution >= 0.6 is 0 Å². The van der Waals surface area contributed by atoms with Crippen molar-refractivity contribution >= 4 is 0 Å². The van der Waals surface area contributed by atoms with E-state index in [-0.39, 0.29) is 6.04 Å². The van der Waals surface area contributed by atoms with Crippen LogP contribution in [0, 0.1) is 17.8 Å². The van der Waals surface area contributed by atoms with E-state index in [1.807, 2.05) is 0 Å². The Kier molecular flexibility index (Phi) is 4.63. The summed E-state index contributed by atoms with van der Waals surface area (Å²) in [7, 11) is 0. The molecule has 118 valence electrons. The van der Waals surface area contributed by atoms with Gasteiger partial charge in [0.15, 0.2) is 5.82 Å². The zero-order chi connectivity index (χ0) is 14.8. The summed E-state index contributed by atoms with van der Waals surface area (Å²) >= 11 is 0. The average Bonchev–Trinajstić information content (AvgIpc) is 2.97. The van der Waals surface area contributed by atoms with Crippen molar-refractivity contribution < 1.29 is 4.52 Å². The van der Waals surface area contributed by atoms with Gasteiger partial charge in [-0.1, -0.05) is 25.9 Å². The van der Waals surface area contributed by atoms with E-state index in [4.69, 9.17) is 9.51 Å². The van der Waals surface area contributed by atoms with Crippen molar-refractivity contribution in [3.8, 4) is 0 Å². The lowest BCUT2D eigenvalue weighted by molar-refractivity contribution is 0.235. The molecular weight excluding hydrogens is 262 g/mol. The molecule has 2 atom stereocenters. The second-order valence-electron chi connectivity index (χ2n) is 7.40. The molecule has 2 unspecified atom stereocenters. The Morgan fingerprint density at radius 1 is 1.14 bits per heavy atom. The predicted molar refractivity (Wildman–Crippen MR) is 83.0 cm³/mol. The van der Waals surface area contributed by atoms with Crippen molar-refractivity contribution in [1.29, 1.82) is 0 Å². The van der Waals surface area contributed by atoms with Gasteiger partial charge in [-0.2, -0.15) is 4.98 Å². The molecule has 2 aliphatic rings. The van der Waals surface area contributed by atoms with E-state index in [1.165, 1.54) is 38.5 Å². The molecule has 1 aromatic rings. The number of piperidine rings is 1. The molecule has 2 fully saturated rings. The van der Waals surface area contributed by atoms with Crippen molar-refractivity contribution in [3.05, 3.63) is 11.7 Å². The fourth-order valence-corrected chi connectivity index (χ4v) is 3.96. The minimum atomic E-state index is 0.256. The highest BCUT2D eigenvalue weighted by Crippen LogP contribution is 2.38. The van der Waals surface area contributed by atoms with Crippen LogP contribution in [-0.4, -0.2) is 16.7 Å². The molecular formula is C17H29N3O. The molecule has 1 saturated carbocycles. The second-order valence-corrected chi connectivity index (χ2v) is 7.40. The third-order valence-electron chi connectivity index (χ3n) is 5.57. The van der Waals surface area contributed by atoms with E-state index < -0.39 is 0 Å². The Morgan fingerprint density at radius 3 is 2.57 bits per heavy atom. The molecule has 1 aliphatic carbocycles. The first-order valence-corrected chi connectivity index (χ1v) is 8.72. The van der Waals surface area contributed by atoms with Gasteiger partial charge in [-0.25, -0.2) is 0 Å². The van der Waals surface area contributed by atoms with E-state index in [9.17, 15) is 0 Å². The van der Waals surface area contributed by atoms with Crippen molar-refractivity contribution in [3.63, 3.8) is 0 Å². The summed E-state index contributed by atoms with van der Waals surface area (Å²) < 4.78 is 5.58. The van der Waals surface area contributed by atoms with Crippen LogP contribution in [0.4, 0.5) is 0 Å². The van der Waals surface area contributed by atoms with E-state index in [0.29, 0.717) is 11.8 Å². The maximum Gasteiger partial charge on any atom is 0.244 e. The molecule has 0 spiro atoms. The molecule has 0 amide bonds. The van der Waals surface area contributed by atoms with Crippen LogP contribution in [0.1, 0.15) is 83.0 Å². The Hall–Kier alpha value is -0.900. The number of aromatic nitrogens is 2. The zero-order valence-electron chi connectivity index (χ0n) is 13.6. The number of hydrogen-bond donors (Lipinski definition) is 1.